The van der Waals surface area contributed by atoms with Gasteiger partial charge in [-0.1, -0.05) is 35.9 Å². The molecule has 8 heteroatoms. The Labute approximate surface area is 215 Å². The molecule has 1 aliphatic heterocycles. The van der Waals surface area contributed by atoms with Gasteiger partial charge in [0, 0.05) is 16.8 Å². The van der Waals surface area contributed by atoms with Gasteiger partial charge in [0.25, 0.3) is 5.91 Å². The summed E-state index contributed by atoms with van der Waals surface area (Å²) in [4.78, 5) is 28.2. The van der Waals surface area contributed by atoms with E-state index in [2.05, 4.69) is 5.32 Å². The minimum atomic E-state index is -0.854. The van der Waals surface area contributed by atoms with E-state index in [4.69, 9.17) is 25.8 Å². The second-order valence-corrected chi connectivity index (χ2v) is 9.21. The lowest BCUT2D eigenvalue weighted by atomic mass is 9.89. The van der Waals surface area contributed by atoms with Crippen LogP contribution in [0.2, 0.25) is 5.02 Å². The molecule has 2 unspecified atom stereocenters. The molecule has 188 valence electrons. The molecule has 1 heterocycles. The minimum absolute atomic E-state index is 0.0622. The number of rotatable bonds is 9. The SMILES string of the molecule is COc1ccc(NC(=O)C(c2ccc(Cl)cc2)N2C(=O)CC2c2ccc(OC(C)C)cc2)cc1OC. The van der Waals surface area contributed by atoms with Crippen LogP contribution in [0.5, 0.6) is 17.2 Å². The van der Waals surface area contributed by atoms with E-state index in [0.717, 1.165) is 11.3 Å². The number of carbonyl (C=O) groups is 2. The number of likely N-dealkylation sites (tertiary alicyclic amines) is 1. The van der Waals surface area contributed by atoms with Crippen molar-refractivity contribution in [3.8, 4) is 17.2 Å². The molecule has 1 fully saturated rings. The molecular weight excluding hydrogens is 480 g/mol. The number of benzene rings is 3. The van der Waals surface area contributed by atoms with Gasteiger partial charge in [-0.2, -0.15) is 0 Å². The van der Waals surface area contributed by atoms with Crippen LogP contribution in [0.1, 0.15) is 43.5 Å². The molecule has 2 atom stereocenters. The van der Waals surface area contributed by atoms with E-state index in [-0.39, 0.29) is 24.0 Å². The number of nitrogens with zero attached hydrogens (tertiary/aromatic N) is 1. The van der Waals surface area contributed by atoms with Crippen molar-refractivity contribution in [1.29, 1.82) is 0 Å². The first-order chi connectivity index (χ1) is 17.3. The van der Waals surface area contributed by atoms with Gasteiger partial charge in [0.05, 0.1) is 32.8 Å². The van der Waals surface area contributed by atoms with E-state index >= 15 is 0 Å². The summed E-state index contributed by atoms with van der Waals surface area (Å²) < 4.78 is 16.4. The molecule has 1 N–H and O–H groups in total. The fourth-order valence-corrected chi connectivity index (χ4v) is 4.41. The van der Waals surface area contributed by atoms with Gasteiger partial charge in [-0.25, -0.2) is 0 Å². The number of carbonyl (C=O) groups excluding carboxylic acids is 2. The standard InChI is InChI=1S/C28H29ClN2O5/c1-17(2)36-22-12-7-18(8-13-22)23-16-26(32)31(23)27(19-5-9-20(29)10-6-19)28(33)30-21-11-14-24(34-3)25(15-21)35-4/h5-15,17,23,27H,16H2,1-4H3,(H,30,33). The fourth-order valence-electron chi connectivity index (χ4n) is 4.28. The van der Waals surface area contributed by atoms with Crippen LogP contribution in [-0.4, -0.2) is 37.0 Å². The molecule has 36 heavy (non-hydrogen) atoms. The van der Waals surface area contributed by atoms with Crippen molar-refractivity contribution in [2.24, 2.45) is 0 Å². The number of methoxy groups -OCH3 is 2. The van der Waals surface area contributed by atoms with Crippen molar-refractivity contribution < 1.29 is 23.8 Å². The van der Waals surface area contributed by atoms with Gasteiger partial charge in [-0.05, 0) is 61.4 Å². The average molecular weight is 509 g/mol. The molecule has 3 aromatic carbocycles. The first kappa shape index (κ1) is 25.4. The molecule has 0 saturated carbocycles. The molecule has 1 aliphatic rings. The molecule has 7 nitrogen and oxygen atoms in total. The summed E-state index contributed by atoms with van der Waals surface area (Å²) in [5.41, 5.74) is 2.12. The Morgan fingerprint density at radius 2 is 1.64 bits per heavy atom. The Hall–Kier alpha value is -3.71. The number of halogens is 1. The van der Waals surface area contributed by atoms with Crippen LogP contribution in [-0.2, 0) is 9.59 Å². The van der Waals surface area contributed by atoms with Crippen molar-refractivity contribution in [2.75, 3.05) is 19.5 Å². The molecule has 0 aliphatic carbocycles. The summed E-state index contributed by atoms with van der Waals surface area (Å²) in [6.45, 7) is 3.93. The summed E-state index contributed by atoms with van der Waals surface area (Å²) in [6.07, 6.45) is 0.380. The third-order valence-electron chi connectivity index (χ3n) is 5.99. The van der Waals surface area contributed by atoms with Gasteiger partial charge in [-0.15, -0.1) is 0 Å². The van der Waals surface area contributed by atoms with E-state index in [1.165, 1.54) is 7.11 Å². The maximum Gasteiger partial charge on any atom is 0.251 e. The third kappa shape index (κ3) is 5.41. The topological polar surface area (TPSA) is 77.1 Å². The smallest absolute Gasteiger partial charge is 0.251 e. The first-order valence-corrected chi connectivity index (χ1v) is 12.0. The monoisotopic (exact) mass is 508 g/mol. The number of hydrogen-bond acceptors (Lipinski definition) is 5. The number of β-lactam (4-membered cyclic amide) rings is 1. The van der Waals surface area contributed by atoms with Crippen molar-refractivity contribution in [3.63, 3.8) is 0 Å². The van der Waals surface area contributed by atoms with E-state index in [0.29, 0.717) is 34.2 Å². The van der Waals surface area contributed by atoms with E-state index < -0.39 is 6.04 Å². The average Bonchev–Trinajstić information content (AvgIpc) is 2.86. The third-order valence-corrected chi connectivity index (χ3v) is 6.24. The van der Waals surface area contributed by atoms with Crippen LogP contribution in [0.25, 0.3) is 0 Å². The van der Waals surface area contributed by atoms with Crippen molar-refractivity contribution in [3.05, 3.63) is 82.9 Å². The highest BCUT2D eigenvalue weighted by atomic mass is 35.5. The molecule has 2 amide bonds. The van der Waals surface area contributed by atoms with Crippen LogP contribution in [0.4, 0.5) is 5.69 Å². The Bertz CT molecular complexity index is 1230. The summed E-state index contributed by atoms with van der Waals surface area (Å²) >= 11 is 6.10. The van der Waals surface area contributed by atoms with Crippen LogP contribution >= 0.6 is 11.6 Å². The highest BCUT2D eigenvalue weighted by Crippen LogP contribution is 2.42. The summed E-state index contributed by atoms with van der Waals surface area (Å²) in [7, 11) is 3.07. The second kappa shape index (κ2) is 10.9. The van der Waals surface area contributed by atoms with Crippen molar-refractivity contribution in [2.45, 2.75) is 38.5 Å². The van der Waals surface area contributed by atoms with Crippen LogP contribution in [0.3, 0.4) is 0 Å². The normalized spacial score (nSPS) is 15.8. The molecule has 0 spiro atoms. The van der Waals surface area contributed by atoms with Crippen molar-refractivity contribution >= 4 is 29.1 Å². The summed E-state index contributed by atoms with van der Waals surface area (Å²) in [5, 5.41) is 3.48. The second-order valence-electron chi connectivity index (χ2n) is 8.77. The highest BCUT2D eigenvalue weighted by molar-refractivity contribution is 6.30. The lowest BCUT2D eigenvalue weighted by molar-refractivity contribution is -0.154. The molecule has 1 saturated heterocycles. The van der Waals surface area contributed by atoms with Gasteiger partial charge < -0.3 is 24.4 Å². The summed E-state index contributed by atoms with van der Waals surface area (Å²) in [6, 6.07) is 18.6. The molecule has 0 aromatic heterocycles. The quantitative estimate of drug-likeness (QED) is 0.370. The molecule has 0 bridgehead atoms. The fraction of sp³-hybridized carbons (Fsp3) is 0.286. The molecule has 0 radical (unpaired) electrons. The number of anilines is 1. The van der Waals surface area contributed by atoms with E-state index in [9.17, 15) is 9.59 Å². The van der Waals surface area contributed by atoms with Crippen molar-refractivity contribution in [1.82, 2.24) is 4.90 Å². The number of ether oxygens (including phenoxy) is 3. The van der Waals surface area contributed by atoms with Crippen LogP contribution in [0, 0.1) is 0 Å². The maximum absolute atomic E-state index is 13.7. The Morgan fingerprint density at radius 3 is 2.22 bits per heavy atom. The Kier molecular flexibility index (Phi) is 7.70. The van der Waals surface area contributed by atoms with Gasteiger partial charge in [0.15, 0.2) is 11.5 Å². The molecular formula is C28H29ClN2O5. The van der Waals surface area contributed by atoms with Gasteiger partial charge in [0.2, 0.25) is 5.91 Å². The number of amides is 2. The first-order valence-electron chi connectivity index (χ1n) is 11.7. The number of hydrogen-bond donors (Lipinski definition) is 1. The largest absolute Gasteiger partial charge is 0.493 e. The van der Waals surface area contributed by atoms with Crippen LogP contribution < -0.4 is 19.5 Å². The Morgan fingerprint density at radius 1 is 0.972 bits per heavy atom. The zero-order chi connectivity index (χ0) is 25.8. The van der Waals surface area contributed by atoms with Gasteiger partial charge >= 0.3 is 0 Å². The highest BCUT2D eigenvalue weighted by Gasteiger charge is 2.45. The maximum atomic E-state index is 13.7. The van der Waals surface area contributed by atoms with E-state index in [1.807, 2.05) is 38.1 Å². The summed E-state index contributed by atoms with van der Waals surface area (Å²) in [5.74, 6) is 1.34. The zero-order valence-electron chi connectivity index (χ0n) is 20.7. The predicted octanol–water partition coefficient (Wildman–Crippen LogP) is 5.80. The number of nitrogens with one attached hydrogen (secondary N) is 1. The minimum Gasteiger partial charge on any atom is -0.493 e. The van der Waals surface area contributed by atoms with E-state index in [1.54, 1.807) is 54.5 Å². The lowest BCUT2D eigenvalue weighted by Gasteiger charge is -2.45. The molecule has 4 rings (SSSR count). The van der Waals surface area contributed by atoms with Gasteiger partial charge in [-0.3, -0.25) is 9.59 Å². The molecule has 3 aromatic rings. The van der Waals surface area contributed by atoms with Crippen LogP contribution in [0.15, 0.2) is 66.7 Å². The zero-order valence-corrected chi connectivity index (χ0v) is 21.4. The van der Waals surface area contributed by atoms with Gasteiger partial charge in [0.1, 0.15) is 11.8 Å². The Balaban J connectivity index is 1.64. The lowest BCUT2D eigenvalue weighted by Crippen LogP contribution is -2.51. The predicted molar refractivity (Wildman–Crippen MR) is 139 cm³/mol.